The van der Waals surface area contributed by atoms with Gasteiger partial charge in [0.25, 0.3) is 0 Å². The minimum absolute atomic E-state index is 0.136. The molecule has 0 aromatic heterocycles. The molecule has 0 aromatic rings. The van der Waals surface area contributed by atoms with E-state index in [0.29, 0.717) is 13.3 Å². The Morgan fingerprint density at radius 2 is 1.50 bits per heavy atom. The van der Waals surface area contributed by atoms with Gasteiger partial charge in [-0.2, -0.15) is 15.2 Å². The predicted molar refractivity (Wildman–Crippen MR) is 50.4 cm³/mol. The van der Waals surface area contributed by atoms with Gasteiger partial charge in [0.2, 0.25) is 0 Å². The number of nitrogens with zero attached hydrogens (tertiary/aromatic N) is 3. The second-order valence-corrected chi connectivity index (χ2v) is 3.04. The van der Waals surface area contributed by atoms with Gasteiger partial charge in [0, 0.05) is 0 Å². The van der Waals surface area contributed by atoms with E-state index >= 15 is 0 Å². The van der Waals surface area contributed by atoms with Gasteiger partial charge in [-0.25, -0.2) is 0 Å². The summed E-state index contributed by atoms with van der Waals surface area (Å²) in [4.78, 5) is 15.6. The van der Waals surface area contributed by atoms with Gasteiger partial charge in [-0.1, -0.05) is 6.92 Å². The topological polar surface area (TPSA) is 37.4 Å². The van der Waals surface area contributed by atoms with Crippen molar-refractivity contribution in [2.75, 3.05) is 34.7 Å². The molecule has 1 saturated heterocycles. The lowest BCUT2D eigenvalue weighted by Crippen LogP contribution is -2.59. The molecule has 0 bridgehead atoms. The van der Waals surface area contributed by atoms with Gasteiger partial charge in [-0.05, 0) is 6.42 Å². The molecule has 1 fully saturated rings. The molecule has 0 unspecified atom stereocenters. The summed E-state index contributed by atoms with van der Waals surface area (Å²) in [6, 6.07) is 0. The van der Waals surface area contributed by atoms with E-state index < -0.39 is 0 Å². The van der Waals surface area contributed by atoms with Crippen LogP contribution < -0.4 is 0 Å². The van der Waals surface area contributed by atoms with Crippen LogP contribution in [0.3, 0.4) is 0 Å². The molecule has 0 amide bonds. The molecule has 14 heavy (non-hydrogen) atoms. The fourth-order valence-corrected chi connectivity index (χ4v) is 1.57. The zero-order valence-electron chi connectivity index (χ0n) is 9.27. The van der Waals surface area contributed by atoms with Crippen molar-refractivity contribution in [3.8, 4) is 0 Å². The smallest absolute Gasteiger partial charge is 0.113 e. The maximum Gasteiger partial charge on any atom is 0.113 e. The van der Waals surface area contributed by atoms with E-state index in [1.54, 1.807) is 26.4 Å². The van der Waals surface area contributed by atoms with E-state index in [4.69, 9.17) is 14.5 Å². The van der Waals surface area contributed by atoms with E-state index in [2.05, 4.69) is 6.92 Å². The van der Waals surface area contributed by atoms with Gasteiger partial charge in [0.15, 0.2) is 0 Å². The first-order valence-corrected chi connectivity index (χ1v) is 4.67. The highest BCUT2D eigenvalue weighted by atomic mass is 16.7. The van der Waals surface area contributed by atoms with Gasteiger partial charge in [-0.15, -0.1) is 0 Å². The second kappa shape index (κ2) is 5.59. The van der Waals surface area contributed by atoms with Crippen LogP contribution in [0.5, 0.6) is 0 Å². The number of hydroxylamine groups is 6. The van der Waals surface area contributed by atoms with Crippen molar-refractivity contribution in [3.63, 3.8) is 0 Å². The molecule has 1 aliphatic rings. The van der Waals surface area contributed by atoms with Crippen LogP contribution in [-0.4, -0.2) is 56.0 Å². The van der Waals surface area contributed by atoms with Crippen LogP contribution in [0.25, 0.3) is 0 Å². The zero-order valence-corrected chi connectivity index (χ0v) is 9.27. The molecule has 1 aliphatic heterocycles. The summed E-state index contributed by atoms with van der Waals surface area (Å²) in [7, 11) is 4.93. The monoisotopic (exact) mass is 205 g/mol. The molecule has 0 N–H and O–H groups in total. The van der Waals surface area contributed by atoms with Gasteiger partial charge in [0.05, 0.1) is 21.3 Å². The van der Waals surface area contributed by atoms with E-state index in [0.717, 1.165) is 6.42 Å². The molecule has 6 heteroatoms. The van der Waals surface area contributed by atoms with Crippen molar-refractivity contribution in [2.45, 2.75) is 19.5 Å². The average Bonchev–Trinajstić information content (AvgIpc) is 2.26. The van der Waals surface area contributed by atoms with E-state index in [-0.39, 0.29) is 6.17 Å². The molecule has 6 nitrogen and oxygen atoms in total. The summed E-state index contributed by atoms with van der Waals surface area (Å²) in [6.07, 6.45) is 1.07. The molecule has 0 radical (unpaired) electrons. The molecule has 1 heterocycles. The SMILES string of the molecule is CCC1N(OC)CN(OC)CN1OC. The Labute approximate surface area is 84.8 Å². The quantitative estimate of drug-likeness (QED) is 0.654. The number of hydrogen-bond acceptors (Lipinski definition) is 6. The molecule has 1 rings (SSSR count). The van der Waals surface area contributed by atoms with Crippen molar-refractivity contribution < 1.29 is 14.5 Å². The summed E-state index contributed by atoms with van der Waals surface area (Å²) in [5.41, 5.74) is 0. The fourth-order valence-electron chi connectivity index (χ4n) is 1.57. The third-order valence-electron chi connectivity index (χ3n) is 2.35. The first kappa shape index (κ1) is 11.8. The Hall–Kier alpha value is -0.240. The standard InChI is InChI=1S/C8H19N3O3/c1-5-8-10(13-3)6-9(12-2)7-11(8)14-4/h8H,5-7H2,1-4H3. The van der Waals surface area contributed by atoms with E-state index in [9.17, 15) is 0 Å². The highest BCUT2D eigenvalue weighted by Gasteiger charge is 2.32. The van der Waals surface area contributed by atoms with Gasteiger partial charge in [-0.3, -0.25) is 14.5 Å². The third kappa shape index (κ3) is 2.41. The molecule has 0 aromatic carbocycles. The van der Waals surface area contributed by atoms with Crippen molar-refractivity contribution >= 4 is 0 Å². The summed E-state index contributed by atoms with van der Waals surface area (Å²) in [5, 5.41) is 5.38. The molecule has 0 spiro atoms. The lowest BCUT2D eigenvalue weighted by molar-refractivity contribution is -0.378. The maximum atomic E-state index is 5.25. The van der Waals surface area contributed by atoms with Crippen LogP contribution in [0.15, 0.2) is 0 Å². The summed E-state index contributed by atoms with van der Waals surface area (Å²) < 4.78 is 0. The minimum Gasteiger partial charge on any atom is -0.300 e. The normalized spacial score (nSPS) is 23.1. The van der Waals surface area contributed by atoms with E-state index in [1.807, 2.05) is 10.1 Å². The number of rotatable bonds is 4. The van der Waals surface area contributed by atoms with E-state index in [1.165, 1.54) is 0 Å². The van der Waals surface area contributed by atoms with Crippen molar-refractivity contribution in [1.82, 2.24) is 15.2 Å². The van der Waals surface area contributed by atoms with Crippen LogP contribution in [0.4, 0.5) is 0 Å². The van der Waals surface area contributed by atoms with Crippen LogP contribution in [-0.2, 0) is 14.5 Å². The first-order valence-electron chi connectivity index (χ1n) is 4.67. The van der Waals surface area contributed by atoms with Crippen molar-refractivity contribution in [3.05, 3.63) is 0 Å². The minimum atomic E-state index is 0.136. The molecular weight excluding hydrogens is 186 g/mol. The second-order valence-electron chi connectivity index (χ2n) is 3.04. The lowest BCUT2D eigenvalue weighted by Gasteiger charge is -2.44. The third-order valence-corrected chi connectivity index (χ3v) is 2.35. The largest absolute Gasteiger partial charge is 0.300 e. The molecule has 0 saturated carbocycles. The first-order chi connectivity index (χ1) is 6.76. The van der Waals surface area contributed by atoms with Gasteiger partial charge in [0.1, 0.15) is 19.5 Å². The highest BCUT2D eigenvalue weighted by Crippen LogP contribution is 2.17. The Morgan fingerprint density at radius 1 is 1.00 bits per heavy atom. The van der Waals surface area contributed by atoms with Crippen LogP contribution in [0.1, 0.15) is 13.3 Å². The van der Waals surface area contributed by atoms with Crippen molar-refractivity contribution in [1.29, 1.82) is 0 Å². The zero-order chi connectivity index (χ0) is 10.6. The molecule has 0 aliphatic carbocycles. The van der Waals surface area contributed by atoms with Crippen LogP contribution in [0, 0.1) is 0 Å². The lowest BCUT2D eigenvalue weighted by atomic mass is 10.3. The summed E-state index contributed by atoms with van der Waals surface area (Å²) >= 11 is 0. The molecule has 84 valence electrons. The van der Waals surface area contributed by atoms with Crippen LogP contribution >= 0.6 is 0 Å². The Kier molecular flexibility index (Phi) is 4.73. The number of hydrogen-bond donors (Lipinski definition) is 0. The average molecular weight is 205 g/mol. The summed E-state index contributed by atoms with van der Waals surface area (Å²) in [6.45, 7) is 3.32. The van der Waals surface area contributed by atoms with Crippen molar-refractivity contribution in [2.24, 2.45) is 0 Å². The van der Waals surface area contributed by atoms with Gasteiger partial charge >= 0.3 is 0 Å². The Morgan fingerprint density at radius 3 is 1.79 bits per heavy atom. The van der Waals surface area contributed by atoms with Gasteiger partial charge < -0.3 is 0 Å². The highest BCUT2D eigenvalue weighted by molar-refractivity contribution is 4.64. The molecule has 0 atom stereocenters. The summed E-state index contributed by atoms with van der Waals surface area (Å²) in [5.74, 6) is 0. The fraction of sp³-hybridized carbons (Fsp3) is 1.00. The Balaban J connectivity index is 2.63. The molecular formula is C8H19N3O3. The Bertz CT molecular complexity index is 156. The predicted octanol–water partition coefficient (Wildman–Crippen LogP) is 0.241. The maximum absolute atomic E-state index is 5.25. The van der Waals surface area contributed by atoms with Crippen LogP contribution in [0.2, 0.25) is 0 Å².